The zero-order valence-electron chi connectivity index (χ0n) is 14.9. The lowest BCUT2D eigenvalue weighted by molar-refractivity contribution is 0.102. The molecule has 1 heterocycles. The standard InChI is InChI=1S/C20H20N4O2/c1-12-4-9-18-14(10-12)11-17(13(2)22-18)19(25)23-15-5-7-16(8-6-15)24-20(26)21-3/h4-11H,1-3H3,(H,23,25)(H2,21,24,26). The smallest absolute Gasteiger partial charge is 0.318 e. The maximum Gasteiger partial charge on any atom is 0.318 e. The number of nitrogens with zero attached hydrogens (tertiary/aromatic N) is 1. The molecule has 0 saturated carbocycles. The fourth-order valence-electron chi connectivity index (χ4n) is 2.65. The van der Waals surface area contributed by atoms with Crippen LogP contribution in [0, 0.1) is 13.8 Å². The van der Waals surface area contributed by atoms with Gasteiger partial charge in [-0.25, -0.2) is 4.79 Å². The highest BCUT2D eigenvalue weighted by Gasteiger charge is 2.12. The zero-order chi connectivity index (χ0) is 18.7. The van der Waals surface area contributed by atoms with Crippen molar-refractivity contribution in [3.63, 3.8) is 0 Å². The van der Waals surface area contributed by atoms with Gasteiger partial charge in [-0.05, 0) is 56.3 Å². The Morgan fingerprint density at radius 3 is 2.19 bits per heavy atom. The summed E-state index contributed by atoms with van der Waals surface area (Å²) in [6, 6.07) is 14.4. The Bertz CT molecular complexity index is 981. The van der Waals surface area contributed by atoms with Crippen molar-refractivity contribution in [3.8, 4) is 0 Å². The van der Waals surface area contributed by atoms with Gasteiger partial charge < -0.3 is 16.0 Å². The molecule has 3 amide bonds. The summed E-state index contributed by atoms with van der Waals surface area (Å²) >= 11 is 0. The largest absolute Gasteiger partial charge is 0.341 e. The highest BCUT2D eigenvalue weighted by atomic mass is 16.2. The van der Waals surface area contributed by atoms with Crippen LogP contribution in [0.5, 0.6) is 0 Å². The molecule has 2 aromatic carbocycles. The van der Waals surface area contributed by atoms with E-state index in [9.17, 15) is 9.59 Å². The van der Waals surface area contributed by atoms with Crippen LogP contribution in [0.2, 0.25) is 0 Å². The molecule has 0 spiro atoms. The molecule has 0 fully saturated rings. The molecule has 0 radical (unpaired) electrons. The van der Waals surface area contributed by atoms with Crippen LogP contribution in [0.25, 0.3) is 10.9 Å². The van der Waals surface area contributed by atoms with Crippen LogP contribution in [0.1, 0.15) is 21.6 Å². The Hall–Kier alpha value is -3.41. The lowest BCUT2D eigenvalue weighted by Gasteiger charge is -2.10. The minimum absolute atomic E-state index is 0.217. The minimum atomic E-state index is -0.296. The van der Waals surface area contributed by atoms with E-state index in [1.165, 1.54) is 0 Å². The Morgan fingerprint density at radius 1 is 0.885 bits per heavy atom. The van der Waals surface area contributed by atoms with Crippen LogP contribution in [-0.2, 0) is 0 Å². The van der Waals surface area contributed by atoms with Gasteiger partial charge in [0.15, 0.2) is 0 Å². The lowest BCUT2D eigenvalue weighted by atomic mass is 10.1. The van der Waals surface area contributed by atoms with E-state index in [1.807, 2.05) is 38.1 Å². The minimum Gasteiger partial charge on any atom is -0.341 e. The van der Waals surface area contributed by atoms with Crippen molar-refractivity contribution < 1.29 is 9.59 Å². The maximum absolute atomic E-state index is 12.6. The lowest BCUT2D eigenvalue weighted by Crippen LogP contribution is -2.24. The van der Waals surface area contributed by atoms with Gasteiger partial charge in [-0.1, -0.05) is 11.6 Å². The molecule has 3 aromatic rings. The molecular weight excluding hydrogens is 328 g/mol. The van der Waals surface area contributed by atoms with Crippen molar-refractivity contribution in [2.24, 2.45) is 0 Å². The highest BCUT2D eigenvalue weighted by molar-refractivity contribution is 6.07. The molecule has 1 aromatic heterocycles. The quantitative estimate of drug-likeness (QED) is 0.672. The predicted octanol–water partition coefficient (Wildman–Crippen LogP) is 3.86. The number of hydrogen-bond donors (Lipinski definition) is 3. The Kier molecular flexibility index (Phi) is 4.84. The second kappa shape index (κ2) is 7.23. The highest BCUT2D eigenvalue weighted by Crippen LogP contribution is 2.20. The van der Waals surface area contributed by atoms with E-state index in [0.29, 0.717) is 22.6 Å². The van der Waals surface area contributed by atoms with Gasteiger partial charge in [0.1, 0.15) is 0 Å². The van der Waals surface area contributed by atoms with Gasteiger partial charge in [0.25, 0.3) is 5.91 Å². The summed E-state index contributed by atoms with van der Waals surface area (Å²) in [4.78, 5) is 28.5. The molecule has 6 heteroatoms. The van der Waals surface area contributed by atoms with E-state index < -0.39 is 0 Å². The molecule has 26 heavy (non-hydrogen) atoms. The van der Waals surface area contributed by atoms with Crippen molar-refractivity contribution in [3.05, 3.63) is 65.4 Å². The number of nitrogens with one attached hydrogen (secondary N) is 3. The van der Waals surface area contributed by atoms with Crippen molar-refractivity contribution in [1.82, 2.24) is 10.3 Å². The Labute approximate surface area is 151 Å². The van der Waals surface area contributed by atoms with E-state index in [4.69, 9.17) is 0 Å². The zero-order valence-corrected chi connectivity index (χ0v) is 14.9. The fraction of sp³-hybridized carbons (Fsp3) is 0.150. The molecule has 132 valence electrons. The average Bonchev–Trinajstić information content (AvgIpc) is 2.63. The van der Waals surface area contributed by atoms with Crippen LogP contribution >= 0.6 is 0 Å². The molecule has 0 bridgehead atoms. The Morgan fingerprint density at radius 2 is 1.54 bits per heavy atom. The summed E-state index contributed by atoms with van der Waals surface area (Å²) in [6.07, 6.45) is 0. The first-order chi connectivity index (χ1) is 12.5. The first-order valence-corrected chi connectivity index (χ1v) is 8.24. The van der Waals surface area contributed by atoms with Crippen LogP contribution in [0.3, 0.4) is 0 Å². The predicted molar refractivity (Wildman–Crippen MR) is 104 cm³/mol. The molecule has 0 saturated heterocycles. The molecule has 6 nitrogen and oxygen atoms in total. The number of benzene rings is 2. The first-order valence-electron chi connectivity index (χ1n) is 8.24. The van der Waals surface area contributed by atoms with Gasteiger partial charge in [-0.15, -0.1) is 0 Å². The van der Waals surface area contributed by atoms with Crippen molar-refractivity contribution in [1.29, 1.82) is 0 Å². The van der Waals surface area contributed by atoms with Gasteiger partial charge in [-0.2, -0.15) is 0 Å². The van der Waals surface area contributed by atoms with Crippen molar-refractivity contribution in [2.75, 3.05) is 17.7 Å². The normalized spacial score (nSPS) is 10.4. The van der Waals surface area contributed by atoms with Gasteiger partial charge in [0.2, 0.25) is 0 Å². The van der Waals surface area contributed by atoms with E-state index in [2.05, 4.69) is 20.9 Å². The number of carbonyl (C=O) groups is 2. The van der Waals surface area contributed by atoms with Crippen LogP contribution in [-0.4, -0.2) is 24.0 Å². The second-order valence-electron chi connectivity index (χ2n) is 6.05. The number of aryl methyl sites for hydroxylation is 2. The molecule has 3 rings (SSSR count). The van der Waals surface area contributed by atoms with E-state index in [-0.39, 0.29) is 11.9 Å². The number of urea groups is 1. The topological polar surface area (TPSA) is 83.1 Å². The van der Waals surface area contributed by atoms with Crippen molar-refractivity contribution >= 4 is 34.2 Å². The number of pyridine rings is 1. The molecule has 0 aliphatic carbocycles. The van der Waals surface area contributed by atoms with Gasteiger partial charge >= 0.3 is 6.03 Å². The molecule has 0 unspecified atom stereocenters. The van der Waals surface area contributed by atoms with Crippen LogP contribution < -0.4 is 16.0 Å². The molecule has 0 aliphatic heterocycles. The summed E-state index contributed by atoms with van der Waals surface area (Å²) in [5, 5.41) is 8.95. The van der Waals surface area contributed by atoms with Crippen molar-refractivity contribution in [2.45, 2.75) is 13.8 Å². The third-order valence-corrected chi connectivity index (χ3v) is 4.03. The second-order valence-corrected chi connectivity index (χ2v) is 6.05. The monoisotopic (exact) mass is 348 g/mol. The van der Waals surface area contributed by atoms with Crippen LogP contribution in [0.4, 0.5) is 16.2 Å². The number of amides is 3. The van der Waals surface area contributed by atoms with Gasteiger partial charge in [0.05, 0.1) is 16.8 Å². The fourth-order valence-corrected chi connectivity index (χ4v) is 2.65. The summed E-state index contributed by atoms with van der Waals surface area (Å²) in [5.74, 6) is -0.217. The summed E-state index contributed by atoms with van der Waals surface area (Å²) < 4.78 is 0. The summed E-state index contributed by atoms with van der Waals surface area (Å²) in [5.41, 5.74) is 4.48. The third kappa shape index (κ3) is 3.80. The molecule has 0 atom stereocenters. The molecule has 0 aliphatic rings. The van der Waals surface area contributed by atoms with E-state index >= 15 is 0 Å². The summed E-state index contributed by atoms with van der Waals surface area (Å²) in [7, 11) is 1.55. The van der Waals surface area contributed by atoms with E-state index in [0.717, 1.165) is 16.5 Å². The van der Waals surface area contributed by atoms with Gasteiger partial charge in [0, 0.05) is 23.8 Å². The molecule has 3 N–H and O–H groups in total. The average molecular weight is 348 g/mol. The first kappa shape index (κ1) is 17.4. The number of hydrogen-bond acceptors (Lipinski definition) is 3. The third-order valence-electron chi connectivity index (χ3n) is 4.03. The number of anilines is 2. The van der Waals surface area contributed by atoms with Gasteiger partial charge in [-0.3, -0.25) is 9.78 Å². The Balaban J connectivity index is 1.80. The maximum atomic E-state index is 12.6. The SMILES string of the molecule is CNC(=O)Nc1ccc(NC(=O)c2cc3cc(C)ccc3nc2C)cc1. The summed E-state index contributed by atoms with van der Waals surface area (Å²) in [6.45, 7) is 3.83. The van der Waals surface area contributed by atoms with Crippen LogP contribution in [0.15, 0.2) is 48.5 Å². The number of rotatable bonds is 3. The number of aromatic nitrogens is 1. The number of carbonyl (C=O) groups excluding carboxylic acids is 2. The van der Waals surface area contributed by atoms with E-state index in [1.54, 1.807) is 31.3 Å². The molecular formula is C20H20N4O2. The number of fused-ring (bicyclic) bond motifs is 1.